The highest BCUT2D eigenvalue weighted by Crippen LogP contribution is 2.49. The number of anilines is 3. The van der Waals surface area contributed by atoms with Crippen LogP contribution in [0.5, 0.6) is 0 Å². The molecule has 1 heterocycles. The standard InChI is InChI=1S/C52H33NO/c1-2-14-34(15-3-1)35-28-30-39(31-29-35)53(48-33-38-18-5-8-21-41(38)43-23-10-11-24-44(43)48)47-26-13-27-49-51(47)46-32-37-17-6-9-22-42(37)50(52(46)54-49)45-25-12-19-36-16-4-7-20-40(36)45/h1-33H. The molecule has 252 valence electrons. The maximum absolute atomic E-state index is 7.07. The topological polar surface area (TPSA) is 16.4 Å². The fourth-order valence-electron chi connectivity index (χ4n) is 8.56. The van der Waals surface area contributed by atoms with Crippen LogP contribution in [-0.2, 0) is 0 Å². The molecule has 0 spiro atoms. The van der Waals surface area contributed by atoms with E-state index in [1.807, 2.05) is 0 Å². The van der Waals surface area contributed by atoms with E-state index in [2.05, 4.69) is 205 Å². The summed E-state index contributed by atoms with van der Waals surface area (Å²) in [5.74, 6) is 0. The van der Waals surface area contributed by atoms with Crippen LogP contribution < -0.4 is 4.90 Å². The maximum atomic E-state index is 7.07. The van der Waals surface area contributed by atoms with Gasteiger partial charge in [0.2, 0.25) is 0 Å². The molecule has 0 unspecified atom stereocenters. The Morgan fingerprint density at radius 3 is 1.74 bits per heavy atom. The first-order valence-corrected chi connectivity index (χ1v) is 18.5. The van der Waals surface area contributed by atoms with Crippen LogP contribution in [-0.4, -0.2) is 0 Å². The lowest BCUT2D eigenvalue weighted by Crippen LogP contribution is -2.11. The summed E-state index contributed by atoms with van der Waals surface area (Å²) in [6.07, 6.45) is 0. The van der Waals surface area contributed by atoms with Crippen LogP contribution in [0.3, 0.4) is 0 Å². The fourth-order valence-corrected chi connectivity index (χ4v) is 8.56. The number of rotatable bonds is 5. The molecule has 0 amide bonds. The monoisotopic (exact) mass is 687 g/mol. The SMILES string of the molecule is c1ccc(-c2ccc(N(c3cc4ccccc4c4ccccc34)c3cccc4oc5c(-c6cccc7ccccc67)c6ccccc6cc5c34)cc2)cc1. The summed E-state index contributed by atoms with van der Waals surface area (Å²) < 4.78 is 7.07. The van der Waals surface area contributed by atoms with E-state index in [-0.39, 0.29) is 0 Å². The van der Waals surface area contributed by atoms with E-state index in [9.17, 15) is 0 Å². The van der Waals surface area contributed by atoms with E-state index in [1.54, 1.807) is 0 Å². The fraction of sp³-hybridized carbons (Fsp3) is 0. The third kappa shape index (κ3) is 4.74. The molecule has 10 aromatic carbocycles. The molecule has 0 radical (unpaired) electrons. The van der Waals surface area contributed by atoms with Gasteiger partial charge in [-0.3, -0.25) is 0 Å². The Morgan fingerprint density at radius 1 is 0.352 bits per heavy atom. The molecule has 11 rings (SSSR count). The van der Waals surface area contributed by atoms with E-state index in [1.165, 1.54) is 59.8 Å². The van der Waals surface area contributed by atoms with Crippen LogP contribution in [0.1, 0.15) is 0 Å². The third-order valence-electron chi connectivity index (χ3n) is 11.0. The first kappa shape index (κ1) is 30.5. The average Bonchev–Trinajstić information content (AvgIpc) is 3.62. The van der Waals surface area contributed by atoms with Crippen LogP contribution in [0.25, 0.3) is 87.3 Å². The molecule has 0 atom stereocenters. The molecular weight excluding hydrogens is 655 g/mol. The van der Waals surface area contributed by atoms with Gasteiger partial charge in [0.25, 0.3) is 0 Å². The van der Waals surface area contributed by atoms with Crippen LogP contribution in [0, 0.1) is 0 Å². The Morgan fingerprint density at radius 2 is 0.944 bits per heavy atom. The highest BCUT2D eigenvalue weighted by atomic mass is 16.3. The highest BCUT2D eigenvalue weighted by molar-refractivity contribution is 6.24. The second-order valence-electron chi connectivity index (χ2n) is 14.0. The summed E-state index contributed by atoms with van der Waals surface area (Å²) >= 11 is 0. The molecule has 1 aromatic heterocycles. The Labute approximate surface area is 312 Å². The molecule has 0 N–H and O–H groups in total. The number of hydrogen-bond acceptors (Lipinski definition) is 2. The Bertz CT molecular complexity index is 3210. The minimum Gasteiger partial charge on any atom is -0.455 e. The van der Waals surface area contributed by atoms with Gasteiger partial charge in [-0.05, 0) is 90.8 Å². The predicted molar refractivity (Wildman–Crippen MR) is 229 cm³/mol. The zero-order chi connectivity index (χ0) is 35.6. The third-order valence-corrected chi connectivity index (χ3v) is 11.0. The largest absolute Gasteiger partial charge is 0.455 e. The van der Waals surface area contributed by atoms with Gasteiger partial charge >= 0.3 is 0 Å². The van der Waals surface area contributed by atoms with Crippen molar-refractivity contribution >= 4 is 82.1 Å². The van der Waals surface area contributed by atoms with Crippen molar-refractivity contribution in [2.24, 2.45) is 0 Å². The summed E-state index contributed by atoms with van der Waals surface area (Å²) in [5, 5.41) is 11.8. The van der Waals surface area contributed by atoms with Crippen molar-refractivity contribution in [1.82, 2.24) is 0 Å². The summed E-state index contributed by atoms with van der Waals surface area (Å²) in [6.45, 7) is 0. The average molecular weight is 688 g/mol. The summed E-state index contributed by atoms with van der Waals surface area (Å²) in [7, 11) is 0. The quantitative estimate of drug-likeness (QED) is 0.168. The lowest BCUT2D eigenvalue weighted by atomic mass is 9.91. The van der Waals surface area contributed by atoms with Crippen molar-refractivity contribution in [2.75, 3.05) is 4.90 Å². The summed E-state index contributed by atoms with van der Waals surface area (Å²) in [5.41, 5.74) is 9.69. The molecule has 0 saturated carbocycles. The van der Waals surface area contributed by atoms with Crippen molar-refractivity contribution in [3.05, 3.63) is 200 Å². The van der Waals surface area contributed by atoms with E-state index in [0.29, 0.717) is 0 Å². The molecule has 11 aromatic rings. The molecule has 0 aliphatic rings. The Balaban J connectivity index is 1.24. The number of nitrogens with zero attached hydrogens (tertiary/aromatic N) is 1. The normalized spacial score (nSPS) is 11.7. The lowest BCUT2D eigenvalue weighted by molar-refractivity contribution is 0.670. The summed E-state index contributed by atoms with van der Waals surface area (Å²) in [4.78, 5) is 2.44. The zero-order valence-electron chi connectivity index (χ0n) is 29.4. The summed E-state index contributed by atoms with van der Waals surface area (Å²) in [6, 6.07) is 72.2. The van der Waals surface area contributed by atoms with Gasteiger partial charge < -0.3 is 9.32 Å². The van der Waals surface area contributed by atoms with Gasteiger partial charge in [0.1, 0.15) is 11.2 Å². The first-order chi connectivity index (χ1) is 26.8. The predicted octanol–water partition coefficient (Wildman–Crippen LogP) is 15.0. The van der Waals surface area contributed by atoms with Crippen molar-refractivity contribution in [3.8, 4) is 22.3 Å². The van der Waals surface area contributed by atoms with E-state index in [0.717, 1.165) is 44.6 Å². The number of furan rings is 1. The molecule has 2 nitrogen and oxygen atoms in total. The van der Waals surface area contributed by atoms with Crippen molar-refractivity contribution in [1.29, 1.82) is 0 Å². The van der Waals surface area contributed by atoms with Gasteiger partial charge in [0, 0.05) is 22.0 Å². The van der Waals surface area contributed by atoms with Gasteiger partial charge in [-0.1, -0.05) is 164 Å². The van der Waals surface area contributed by atoms with Gasteiger partial charge in [0.15, 0.2) is 0 Å². The Kier molecular flexibility index (Phi) is 6.90. The molecular formula is C52H33NO. The smallest absolute Gasteiger partial charge is 0.143 e. The zero-order valence-corrected chi connectivity index (χ0v) is 29.4. The number of fused-ring (bicyclic) bond motifs is 8. The molecule has 0 fully saturated rings. The second kappa shape index (κ2) is 12.2. The van der Waals surface area contributed by atoms with E-state index >= 15 is 0 Å². The van der Waals surface area contributed by atoms with Gasteiger partial charge in [0.05, 0.1) is 16.8 Å². The molecule has 54 heavy (non-hydrogen) atoms. The number of benzene rings is 10. The molecule has 0 saturated heterocycles. The Hall–Kier alpha value is -7.16. The van der Waals surface area contributed by atoms with Crippen LogP contribution in [0.15, 0.2) is 205 Å². The molecule has 0 aliphatic carbocycles. The molecule has 0 bridgehead atoms. The van der Waals surface area contributed by atoms with Crippen molar-refractivity contribution in [2.45, 2.75) is 0 Å². The minimum absolute atomic E-state index is 0.857. The van der Waals surface area contributed by atoms with Gasteiger partial charge in [-0.15, -0.1) is 0 Å². The number of hydrogen-bond donors (Lipinski definition) is 0. The molecule has 0 aliphatic heterocycles. The van der Waals surface area contributed by atoms with Crippen molar-refractivity contribution in [3.63, 3.8) is 0 Å². The molecule has 2 heteroatoms. The van der Waals surface area contributed by atoms with Crippen LogP contribution >= 0.6 is 0 Å². The first-order valence-electron chi connectivity index (χ1n) is 18.5. The van der Waals surface area contributed by atoms with Gasteiger partial charge in [-0.2, -0.15) is 0 Å². The maximum Gasteiger partial charge on any atom is 0.143 e. The second-order valence-corrected chi connectivity index (χ2v) is 14.0. The van der Waals surface area contributed by atoms with E-state index < -0.39 is 0 Å². The van der Waals surface area contributed by atoms with Crippen LogP contribution in [0.4, 0.5) is 17.1 Å². The van der Waals surface area contributed by atoms with Crippen molar-refractivity contribution < 1.29 is 4.42 Å². The highest BCUT2D eigenvalue weighted by Gasteiger charge is 2.24. The minimum atomic E-state index is 0.857. The van der Waals surface area contributed by atoms with E-state index in [4.69, 9.17) is 4.42 Å². The lowest BCUT2D eigenvalue weighted by Gasteiger charge is -2.28. The van der Waals surface area contributed by atoms with Crippen LogP contribution in [0.2, 0.25) is 0 Å². The van der Waals surface area contributed by atoms with Gasteiger partial charge in [-0.25, -0.2) is 0 Å².